The van der Waals surface area contributed by atoms with Crippen molar-refractivity contribution in [3.8, 4) is 0 Å². The quantitative estimate of drug-likeness (QED) is 0.375. The minimum absolute atomic E-state index is 0.0282. The highest BCUT2D eigenvalue weighted by atomic mass is 32.2. The number of anilines is 1. The van der Waals surface area contributed by atoms with E-state index in [4.69, 9.17) is 0 Å². The van der Waals surface area contributed by atoms with Gasteiger partial charge in [0, 0.05) is 6.54 Å². The highest BCUT2D eigenvalue weighted by Gasteiger charge is 2.21. The van der Waals surface area contributed by atoms with Crippen molar-refractivity contribution in [1.29, 1.82) is 0 Å². The lowest BCUT2D eigenvalue weighted by molar-refractivity contribution is -0.113. The van der Waals surface area contributed by atoms with Crippen LogP contribution in [0.1, 0.15) is 29.1 Å². The van der Waals surface area contributed by atoms with Crippen molar-refractivity contribution in [2.24, 2.45) is 0 Å². The average Bonchev–Trinajstić information content (AvgIpc) is 3.17. The number of allylic oxidation sites excluding steroid dienone is 1. The van der Waals surface area contributed by atoms with Crippen molar-refractivity contribution in [2.45, 2.75) is 24.7 Å². The van der Waals surface area contributed by atoms with Gasteiger partial charge in [-0.3, -0.25) is 9.59 Å². The first-order chi connectivity index (χ1) is 15.4. The highest BCUT2D eigenvalue weighted by Crippen LogP contribution is 2.22. The zero-order valence-corrected chi connectivity index (χ0v) is 18.0. The molecule has 1 atom stereocenters. The molecule has 0 radical (unpaired) electrons. The third-order valence-electron chi connectivity index (χ3n) is 4.39. The van der Waals surface area contributed by atoms with E-state index in [0.29, 0.717) is 17.5 Å². The Hall–Kier alpha value is -3.53. The SMILES string of the molecule is C=CCn1c(SCC(=O)Nc2ccccc2F)nnc1[C@@H](C)NC(=O)c1ccccc1F. The van der Waals surface area contributed by atoms with E-state index in [1.165, 1.54) is 36.4 Å². The molecule has 0 fully saturated rings. The number of thioether (sulfide) groups is 1. The summed E-state index contributed by atoms with van der Waals surface area (Å²) >= 11 is 1.11. The fourth-order valence-electron chi connectivity index (χ4n) is 2.89. The van der Waals surface area contributed by atoms with Gasteiger partial charge < -0.3 is 15.2 Å². The van der Waals surface area contributed by atoms with Crippen molar-refractivity contribution < 1.29 is 18.4 Å². The summed E-state index contributed by atoms with van der Waals surface area (Å²) in [6.07, 6.45) is 1.63. The Morgan fingerprint density at radius 1 is 1.12 bits per heavy atom. The van der Waals surface area contributed by atoms with Gasteiger partial charge in [0.25, 0.3) is 5.91 Å². The number of hydrogen-bond donors (Lipinski definition) is 2. The van der Waals surface area contributed by atoms with Crippen LogP contribution in [0.2, 0.25) is 0 Å². The fourth-order valence-corrected chi connectivity index (χ4v) is 3.65. The zero-order chi connectivity index (χ0) is 23.1. The Morgan fingerprint density at radius 2 is 1.81 bits per heavy atom. The maximum atomic E-state index is 13.9. The van der Waals surface area contributed by atoms with E-state index in [-0.39, 0.29) is 17.0 Å². The molecule has 32 heavy (non-hydrogen) atoms. The molecule has 1 heterocycles. The predicted molar refractivity (Wildman–Crippen MR) is 118 cm³/mol. The van der Waals surface area contributed by atoms with Gasteiger partial charge in [-0.15, -0.1) is 16.8 Å². The minimum atomic E-state index is -0.623. The zero-order valence-electron chi connectivity index (χ0n) is 17.2. The molecule has 0 bridgehead atoms. The summed E-state index contributed by atoms with van der Waals surface area (Å²) in [5.41, 5.74) is 0.0179. The molecular formula is C22H21F2N5O2S. The second kappa shape index (κ2) is 10.7. The standard InChI is InChI=1S/C22H21F2N5O2S/c1-3-12-29-20(14(2)25-21(31)15-8-4-5-9-16(15)23)27-28-22(29)32-13-19(30)26-18-11-7-6-10-17(18)24/h3-11,14H,1,12-13H2,2H3,(H,25,31)(H,26,30)/t14-/m1/s1. The first-order valence-electron chi connectivity index (χ1n) is 9.67. The molecule has 0 aliphatic carbocycles. The molecule has 7 nitrogen and oxygen atoms in total. The Kier molecular flexibility index (Phi) is 7.72. The number of carbonyl (C=O) groups excluding carboxylic acids is 2. The molecule has 0 unspecified atom stereocenters. The van der Waals surface area contributed by atoms with Crippen molar-refractivity contribution in [3.05, 3.63) is 84.2 Å². The summed E-state index contributed by atoms with van der Waals surface area (Å²) in [6.45, 7) is 5.74. The molecule has 10 heteroatoms. The molecule has 3 rings (SSSR count). The molecule has 166 valence electrons. The molecular weight excluding hydrogens is 436 g/mol. The van der Waals surface area contributed by atoms with Crippen LogP contribution in [0.5, 0.6) is 0 Å². The minimum Gasteiger partial charge on any atom is -0.342 e. The normalized spacial score (nSPS) is 11.6. The van der Waals surface area contributed by atoms with Crippen LogP contribution in [-0.2, 0) is 11.3 Å². The van der Waals surface area contributed by atoms with Crippen LogP contribution in [0.3, 0.4) is 0 Å². The number of aromatic nitrogens is 3. The lowest BCUT2D eigenvalue weighted by Gasteiger charge is -2.15. The lowest BCUT2D eigenvalue weighted by Crippen LogP contribution is -2.29. The second-order valence-corrected chi connectivity index (χ2v) is 7.67. The molecule has 0 aliphatic heterocycles. The third-order valence-corrected chi connectivity index (χ3v) is 5.36. The summed E-state index contributed by atoms with van der Waals surface area (Å²) in [6, 6.07) is 11.0. The van der Waals surface area contributed by atoms with Gasteiger partial charge in [-0.2, -0.15) is 0 Å². The summed E-state index contributed by atoms with van der Waals surface area (Å²) in [7, 11) is 0. The topological polar surface area (TPSA) is 88.9 Å². The van der Waals surface area contributed by atoms with E-state index in [2.05, 4.69) is 27.4 Å². The van der Waals surface area contributed by atoms with Gasteiger partial charge in [0.15, 0.2) is 11.0 Å². The Morgan fingerprint density at radius 3 is 2.50 bits per heavy atom. The number of amides is 2. The average molecular weight is 458 g/mol. The molecule has 0 saturated heterocycles. The molecule has 2 amide bonds. The van der Waals surface area contributed by atoms with Crippen LogP contribution >= 0.6 is 11.8 Å². The Balaban J connectivity index is 1.68. The van der Waals surface area contributed by atoms with Crippen LogP contribution in [0.4, 0.5) is 14.5 Å². The lowest BCUT2D eigenvalue weighted by atomic mass is 10.2. The molecule has 1 aromatic heterocycles. The number of nitrogens with one attached hydrogen (secondary N) is 2. The number of benzene rings is 2. The third kappa shape index (κ3) is 5.58. The number of para-hydroxylation sites is 1. The number of halogens is 2. The van der Waals surface area contributed by atoms with E-state index in [1.54, 1.807) is 29.7 Å². The predicted octanol–water partition coefficient (Wildman–Crippen LogP) is 3.96. The number of nitrogens with zero attached hydrogens (tertiary/aromatic N) is 3. The number of carbonyl (C=O) groups is 2. The van der Waals surface area contributed by atoms with E-state index in [1.807, 2.05) is 0 Å². The molecule has 2 aromatic carbocycles. The van der Waals surface area contributed by atoms with E-state index in [0.717, 1.165) is 11.8 Å². The van der Waals surface area contributed by atoms with Crippen molar-refractivity contribution in [1.82, 2.24) is 20.1 Å². The van der Waals surface area contributed by atoms with Gasteiger partial charge in [0.1, 0.15) is 11.6 Å². The number of hydrogen-bond acceptors (Lipinski definition) is 5. The summed E-state index contributed by atoms with van der Waals surface area (Å²) < 4.78 is 29.3. The Bertz CT molecular complexity index is 1140. The van der Waals surface area contributed by atoms with E-state index >= 15 is 0 Å². The van der Waals surface area contributed by atoms with Crippen LogP contribution in [0.15, 0.2) is 66.3 Å². The maximum Gasteiger partial charge on any atom is 0.254 e. The molecule has 0 spiro atoms. The van der Waals surface area contributed by atoms with Gasteiger partial charge in [-0.25, -0.2) is 8.78 Å². The van der Waals surface area contributed by atoms with Crippen molar-refractivity contribution >= 4 is 29.3 Å². The van der Waals surface area contributed by atoms with Gasteiger partial charge in [0.2, 0.25) is 5.91 Å². The molecule has 3 aromatic rings. The first-order valence-corrected chi connectivity index (χ1v) is 10.7. The van der Waals surface area contributed by atoms with Crippen LogP contribution < -0.4 is 10.6 Å². The van der Waals surface area contributed by atoms with E-state index < -0.39 is 29.5 Å². The fraction of sp³-hybridized carbons (Fsp3) is 0.182. The summed E-state index contributed by atoms with van der Waals surface area (Å²) in [4.78, 5) is 24.6. The van der Waals surface area contributed by atoms with E-state index in [9.17, 15) is 18.4 Å². The smallest absolute Gasteiger partial charge is 0.254 e. The number of rotatable bonds is 9. The van der Waals surface area contributed by atoms with Gasteiger partial charge in [0.05, 0.1) is 23.0 Å². The molecule has 0 saturated carbocycles. The van der Waals surface area contributed by atoms with Crippen LogP contribution in [0, 0.1) is 11.6 Å². The summed E-state index contributed by atoms with van der Waals surface area (Å²) in [5, 5.41) is 13.9. The highest BCUT2D eigenvalue weighted by molar-refractivity contribution is 7.99. The molecule has 0 aliphatic rings. The van der Waals surface area contributed by atoms with Crippen LogP contribution in [-0.4, -0.2) is 32.3 Å². The van der Waals surface area contributed by atoms with Crippen molar-refractivity contribution in [3.63, 3.8) is 0 Å². The van der Waals surface area contributed by atoms with Gasteiger partial charge in [-0.1, -0.05) is 42.1 Å². The van der Waals surface area contributed by atoms with Gasteiger partial charge in [-0.05, 0) is 31.2 Å². The summed E-state index contributed by atoms with van der Waals surface area (Å²) in [5.74, 6) is -1.74. The molecule has 2 N–H and O–H groups in total. The van der Waals surface area contributed by atoms with Crippen LogP contribution in [0.25, 0.3) is 0 Å². The first kappa shape index (κ1) is 23.1. The largest absolute Gasteiger partial charge is 0.342 e. The Labute approximate surface area is 187 Å². The van der Waals surface area contributed by atoms with Crippen molar-refractivity contribution in [2.75, 3.05) is 11.1 Å². The van der Waals surface area contributed by atoms with Gasteiger partial charge >= 0.3 is 0 Å². The maximum absolute atomic E-state index is 13.9. The monoisotopic (exact) mass is 457 g/mol. The second-order valence-electron chi connectivity index (χ2n) is 6.73.